The number of para-hydroxylation sites is 2. The zero-order valence-corrected chi connectivity index (χ0v) is 16.4. The molecule has 140 valence electrons. The summed E-state index contributed by atoms with van der Waals surface area (Å²) in [6.45, 7) is 5.88. The standard InChI is InChI=1S/C20H22ClN5O/c1-13-12-25(8-9-26(13)14(2)27)19-10-15(16(21)11-22-19)20-23-17-6-4-5-7-18(17)24(20)3/h4-7,10-11,13H,8-9,12H2,1-3H3/t13-/m0/s1. The van der Waals surface area contributed by atoms with Crippen LogP contribution in [0.1, 0.15) is 13.8 Å². The third kappa shape index (κ3) is 3.14. The van der Waals surface area contributed by atoms with Crippen molar-refractivity contribution in [1.29, 1.82) is 0 Å². The second kappa shape index (κ2) is 6.85. The van der Waals surface area contributed by atoms with E-state index in [0.717, 1.165) is 41.3 Å². The van der Waals surface area contributed by atoms with Crippen LogP contribution >= 0.6 is 11.6 Å². The van der Waals surface area contributed by atoms with Crippen molar-refractivity contribution in [2.24, 2.45) is 7.05 Å². The van der Waals surface area contributed by atoms with Gasteiger partial charge in [0, 0.05) is 51.4 Å². The highest BCUT2D eigenvalue weighted by Crippen LogP contribution is 2.32. The Morgan fingerprint density at radius 3 is 2.74 bits per heavy atom. The molecule has 0 aliphatic carbocycles. The first-order valence-corrected chi connectivity index (χ1v) is 9.43. The Kier molecular flexibility index (Phi) is 4.52. The number of piperazine rings is 1. The summed E-state index contributed by atoms with van der Waals surface area (Å²) in [4.78, 5) is 25.1. The maximum atomic E-state index is 11.7. The number of fused-ring (bicyclic) bond motifs is 1. The van der Waals surface area contributed by atoms with Gasteiger partial charge in [-0.15, -0.1) is 0 Å². The van der Waals surface area contributed by atoms with Crippen molar-refractivity contribution in [3.63, 3.8) is 0 Å². The molecule has 1 aliphatic heterocycles. The molecule has 1 saturated heterocycles. The van der Waals surface area contributed by atoms with Gasteiger partial charge in [0.2, 0.25) is 5.91 Å². The van der Waals surface area contributed by atoms with Crippen molar-refractivity contribution in [1.82, 2.24) is 19.4 Å². The summed E-state index contributed by atoms with van der Waals surface area (Å²) in [6, 6.07) is 10.2. The van der Waals surface area contributed by atoms with Gasteiger partial charge in [0.1, 0.15) is 11.6 Å². The molecule has 1 aliphatic rings. The van der Waals surface area contributed by atoms with E-state index < -0.39 is 0 Å². The van der Waals surface area contributed by atoms with Crippen molar-refractivity contribution in [3.05, 3.63) is 41.6 Å². The van der Waals surface area contributed by atoms with Gasteiger partial charge in [0.25, 0.3) is 0 Å². The van der Waals surface area contributed by atoms with Crippen LogP contribution in [0.5, 0.6) is 0 Å². The number of aromatic nitrogens is 3. The number of carbonyl (C=O) groups excluding carboxylic acids is 1. The Hall–Kier alpha value is -2.60. The van der Waals surface area contributed by atoms with E-state index in [4.69, 9.17) is 16.6 Å². The molecule has 1 amide bonds. The van der Waals surface area contributed by atoms with Crippen molar-refractivity contribution in [3.8, 4) is 11.4 Å². The highest BCUT2D eigenvalue weighted by Gasteiger charge is 2.26. The molecule has 0 N–H and O–H groups in total. The fourth-order valence-electron chi connectivity index (χ4n) is 3.79. The summed E-state index contributed by atoms with van der Waals surface area (Å²) >= 11 is 6.48. The molecular weight excluding hydrogens is 362 g/mol. The third-order valence-electron chi connectivity index (χ3n) is 5.22. The zero-order valence-electron chi connectivity index (χ0n) is 15.7. The number of pyridine rings is 1. The second-order valence-corrected chi connectivity index (χ2v) is 7.42. The predicted octanol–water partition coefficient (Wildman–Crippen LogP) is 3.35. The van der Waals surface area contributed by atoms with Crippen molar-refractivity contribution in [2.45, 2.75) is 19.9 Å². The van der Waals surface area contributed by atoms with Crippen LogP contribution in [0.2, 0.25) is 5.02 Å². The van der Waals surface area contributed by atoms with Crippen molar-refractivity contribution in [2.75, 3.05) is 24.5 Å². The SMILES string of the molecule is CC(=O)N1CCN(c2cc(-c3nc4ccccc4n3C)c(Cl)cn2)C[C@@H]1C. The Labute approximate surface area is 163 Å². The quantitative estimate of drug-likeness (QED) is 0.681. The summed E-state index contributed by atoms with van der Waals surface area (Å²) in [6.07, 6.45) is 1.69. The van der Waals surface area contributed by atoms with Crippen LogP contribution in [0.4, 0.5) is 5.82 Å². The summed E-state index contributed by atoms with van der Waals surface area (Å²) in [5, 5.41) is 0.576. The highest BCUT2D eigenvalue weighted by molar-refractivity contribution is 6.33. The maximum Gasteiger partial charge on any atom is 0.219 e. The summed E-state index contributed by atoms with van der Waals surface area (Å²) in [5.74, 6) is 1.79. The molecule has 1 aromatic carbocycles. The van der Waals surface area contributed by atoms with Gasteiger partial charge in [-0.1, -0.05) is 23.7 Å². The number of benzene rings is 1. The topological polar surface area (TPSA) is 54.3 Å². The molecule has 27 heavy (non-hydrogen) atoms. The smallest absolute Gasteiger partial charge is 0.219 e. The lowest BCUT2D eigenvalue weighted by molar-refractivity contribution is -0.131. The molecule has 2 aromatic heterocycles. The minimum absolute atomic E-state index is 0.117. The van der Waals surface area contributed by atoms with Gasteiger partial charge < -0.3 is 14.4 Å². The molecule has 0 spiro atoms. The minimum Gasteiger partial charge on any atom is -0.353 e. The number of hydrogen-bond donors (Lipinski definition) is 0. The first kappa shape index (κ1) is 17.8. The van der Waals surface area contributed by atoms with Gasteiger partial charge in [-0.05, 0) is 25.1 Å². The summed E-state index contributed by atoms with van der Waals surface area (Å²) in [7, 11) is 1.99. The highest BCUT2D eigenvalue weighted by atomic mass is 35.5. The van der Waals surface area contributed by atoms with Gasteiger partial charge in [0.05, 0.1) is 16.1 Å². The number of amides is 1. The van der Waals surface area contributed by atoms with E-state index in [-0.39, 0.29) is 11.9 Å². The molecule has 1 fully saturated rings. The number of rotatable bonds is 2. The minimum atomic E-state index is 0.117. The largest absolute Gasteiger partial charge is 0.353 e. The van der Waals surface area contributed by atoms with E-state index in [1.54, 1.807) is 13.1 Å². The van der Waals surface area contributed by atoms with Gasteiger partial charge in [-0.25, -0.2) is 9.97 Å². The molecular formula is C20H22ClN5O. The first-order valence-electron chi connectivity index (χ1n) is 9.05. The molecule has 0 unspecified atom stereocenters. The number of halogens is 1. The third-order valence-corrected chi connectivity index (χ3v) is 5.53. The van der Waals surface area contributed by atoms with Crippen molar-refractivity contribution >= 4 is 34.4 Å². The number of aryl methyl sites for hydroxylation is 1. The Bertz CT molecular complexity index is 1010. The van der Waals surface area contributed by atoms with E-state index in [9.17, 15) is 4.79 Å². The molecule has 0 bridgehead atoms. The number of anilines is 1. The van der Waals surface area contributed by atoms with Crippen LogP contribution in [0.3, 0.4) is 0 Å². The van der Waals surface area contributed by atoms with Crippen LogP contribution in [0, 0.1) is 0 Å². The molecule has 4 rings (SSSR count). The van der Waals surface area contributed by atoms with Gasteiger partial charge >= 0.3 is 0 Å². The van der Waals surface area contributed by atoms with Gasteiger partial charge in [0.15, 0.2) is 0 Å². The average Bonchev–Trinajstić information content (AvgIpc) is 2.98. The summed E-state index contributed by atoms with van der Waals surface area (Å²) in [5.41, 5.74) is 2.86. The van der Waals surface area contributed by atoms with E-state index >= 15 is 0 Å². The van der Waals surface area contributed by atoms with Crippen LogP contribution < -0.4 is 4.90 Å². The summed E-state index contributed by atoms with van der Waals surface area (Å²) < 4.78 is 2.05. The number of nitrogens with zero attached hydrogens (tertiary/aromatic N) is 5. The van der Waals surface area contributed by atoms with Gasteiger partial charge in [-0.3, -0.25) is 4.79 Å². The van der Waals surface area contributed by atoms with E-state index in [2.05, 4.69) is 21.4 Å². The number of carbonyl (C=O) groups is 1. The normalized spacial score (nSPS) is 17.6. The van der Waals surface area contributed by atoms with E-state index in [1.807, 2.05) is 42.3 Å². The Balaban J connectivity index is 1.70. The first-order chi connectivity index (χ1) is 13.0. The van der Waals surface area contributed by atoms with E-state index in [0.29, 0.717) is 11.6 Å². The van der Waals surface area contributed by atoms with Crippen LogP contribution in [0.15, 0.2) is 36.5 Å². The monoisotopic (exact) mass is 383 g/mol. The maximum absolute atomic E-state index is 11.7. The van der Waals surface area contributed by atoms with E-state index in [1.165, 1.54) is 0 Å². The lowest BCUT2D eigenvalue weighted by atomic mass is 10.1. The van der Waals surface area contributed by atoms with Crippen LogP contribution in [0.25, 0.3) is 22.4 Å². The molecule has 1 atom stereocenters. The average molecular weight is 384 g/mol. The number of hydrogen-bond acceptors (Lipinski definition) is 4. The molecule has 6 nitrogen and oxygen atoms in total. The fourth-order valence-corrected chi connectivity index (χ4v) is 3.98. The lowest BCUT2D eigenvalue weighted by Gasteiger charge is -2.40. The van der Waals surface area contributed by atoms with Gasteiger partial charge in [-0.2, -0.15) is 0 Å². The second-order valence-electron chi connectivity index (χ2n) is 7.01. The van der Waals surface area contributed by atoms with Crippen molar-refractivity contribution < 1.29 is 4.79 Å². The fraction of sp³-hybridized carbons (Fsp3) is 0.350. The Morgan fingerprint density at radius 1 is 1.26 bits per heavy atom. The molecule has 3 heterocycles. The van der Waals surface area contributed by atoms with Crippen LogP contribution in [-0.2, 0) is 11.8 Å². The zero-order chi connectivity index (χ0) is 19.1. The predicted molar refractivity (Wildman–Crippen MR) is 108 cm³/mol. The molecule has 3 aromatic rings. The Morgan fingerprint density at radius 2 is 2.04 bits per heavy atom. The molecule has 7 heteroatoms. The molecule has 0 saturated carbocycles. The van der Waals surface area contributed by atoms with Crippen LogP contribution in [-0.4, -0.2) is 51.0 Å². The lowest BCUT2D eigenvalue weighted by Crippen LogP contribution is -2.53. The number of imidazole rings is 1. The molecule has 0 radical (unpaired) electrons.